The number of nitriles is 1. The first-order chi connectivity index (χ1) is 11.9. The van der Waals surface area contributed by atoms with Crippen LogP contribution in [0.2, 0.25) is 0 Å². The van der Waals surface area contributed by atoms with Crippen LogP contribution in [0.1, 0.15) is 30.5 Å². The van der Waals surface area contributed by atoms with E-state index in [4.69, 9.17) is 10.4 Å². The van der Waals surface area contributed by atoms with Gasteiger partial charge in [0.05, 0.1) is 5.56 Å². The van der Waals surface area contributed by atoms with Gasteiger partial charge < -0.3 is 10.0 Å². The molecule has 2 aliphatic heterocycles. The minimum absolute atomic E-state index is 0.128. The smallest absolute Gasteiger partial charge is 0.396 e. The van der Waals surface area contributed by atoms with Crippen molar-refractivity contribution in [1.29, 1.82) is 5.26 Å². The van der Waals surface area contributed by atoms with Gasteiger partial charge in [0.2, 0.25) is 0 Å². The lowest BCUT2D eigenvalue weighted by atomic mass is 9.92. The zero-order chi connectivity index (χ0) is 18.0. The molecule has 8 heteroatoms. The Balaban J connectivity index is 1.62. The molecule has 25 heavy (non-hydrogen) atoms. The van der Waals surface area contributed by atoms with E-state index in [1.807, 2.05) is 6.07 Å². The van der Waals surface area contributed by atoms with Gasteiger partial charge in [0.25, 0.3) is 0 Å². The number of halogens is 3. The summed E-state index contributed by atoms with van der Waals surface area (Å²) in [5.41, 5.74) is -0.789. The first-order valence-corrected chi connectivity index (χ1v) is 8.50. The Labute approximate surface area is 144 Å². The number of rotatable bonds is 4. The maximum atomic E-state index is 12.9. The topological polar surface area (TPSA) is 63.4 Å². The van der Waals surface area contributed by atoms with Gasteiger partial charge in [0.15, 0.2) is 0 Å². The van der Waals surface area contributed by atoms with Crippen molar-refractivity contribution in [2.24, 2.45) is 5.92 Å². The SMILES string of the molecule is N#Cc1ccc(C(F)(F)F)nc1N1CC(N2CCC(CCO)CC2)C1. The number of nitrogens with zero attached hydrogens (tertiary/aromatic N) is 4. The number of likely N-dealkylation sites (tertiary alicyclic amines) is 1. The summed E-state index contributed by atoms with van der Waals surface area (Å²) in [6, 6.07) is 4.26. The van der Waals surface area contributed by atoms with Crippen LogP contribution in [0.4, 0.5) is 19.0 Å². The van der Waals surface area contributed by atoms with Crippen molar-refractivity contribution in [3.05, 3.63) is 23.4 Å². The molecule has 1 aromatic rings. The third-order valence-electron chi connectivity index (χ3n) is 5.15. The standard InChI is InChI=1S/C17H21F3N4O/c18-17(19,20)15-2-1-13(9-21)16(22-15)24-10-14(11-24)23-6-3-12(4-7-23)5-8-25/h1-2,12,14,25H,3-8,10-11H2. The van der Waals surface area contributed by atoms with Gasteiger partial charge in [-0.25, -0.2) is 4.98 Å². The van der Waals surface area contributed by atoms with Gasteiger partial charge in [0.1, 0.15) is 17.6 Å². The molecule has 0 amide bonds. The van der Waals surface area contributed by atoms with Crippen LogP contribution in [-0.4, -0.2) is 53.8 Å². The highest BCUT2D eigenvalue weighted by atomic mass is 19.4. The van der Waals surface area contributed by atoms with Gasteiger partial charge in [-0.2, -0.15) is 18.4 Å². The summed E-state index contributed by atoms with van der Waals surface area (Å²) >= 11 is 0. The molecular weight excluding hydrogens is 333 g/mol. The molecule has 0 spiro atoms. The average Bonchev–Trinajstić information content (AvgIpc) is 2.54. The molecular formula is C17H21F3N4O. The van der Waals surface area contributed by atoms with E-state index in [-0.39, 0.29) is 24.0 Å². The Kier molecular flexibility index (Phi) is 5.16. The van der Waals surface area contributed by atoms with Crippen LogP contribution < -0.4 is 4.90 Å². The molecule has 3 heterocycles. The van der Waals surface area contributed by atoms with E-state index in [0.717, 1.165) is 38.4 Å². The van der Waals surface area contributed by atoms with Gasteiger partial charge >= 0.3 is 6.18 Å². The summed E-state index contributed by atoms with van der Waals surface area (Å²) in [7, 11) is 0. The minimum Gasteiger partial charge on any atom is -0.396 e. The fourth-order valence-corrected chi connectivity index (χ4v) is 3.58. The first-order valence-electron chi connectivity index (χ1n) is 8.50. The lowest BCUT2D eigenvalue weighted by molar-refractivity contribution is -0.141. The van der Waals surface area contributed by atoms with Crippen LogP contribution in [0.25, 0.3) is 0 Å². The minimum atomic E-state index is -4.51. The summed E-state index contributed by atoms with van der Waals surface area (Å²) in [5, 5.41) is 18.2. The zero-order valence-electron chi connectivity index (χ0n) is 13.8. The predicted octanol–water partition coefficient (Wildman–Crippen LogP) is 2.26. The number of piperidine rings is 1. The Morgan fingerprint density at radius 1 is 1.24 bits per heavy atom. The average molecular weight is 354 g/mol. The molecule has 0 atom stereocenters. The maximum Gasteiger partial charge on any atom is 0.433 e. The Hall–Kier alpha value is -1.85. The molecule has 1 aromatic heterocycles. The highest BCUT2D eigenvalue weighted by Crippen LogP contribution is 2.33. The van der Waals surface area contributed by atoms with E-state index in [9.17, 15) is 13.2 Å². The van der Waals surface area contributed by atoms with Crippen molar-refractivity contribution in [1.82, 2.24) is 9.88 Å². The Morgan fingerprint density at radius 2 is 1.92 bits per heavy atom. The van der Waals surface area contributed by atoms with Crippen LogP contribution in [0.5, 0.6) is 0 Å². The molecule has 0 saturated carbocycles. The van der Waals surface area contributed by atoms with Crippen LogP contribution in [0, 0.1) is 17.2 Å². The van der Waals surface area contributed by atoms with E-state index >= 15 is 0 Å². The van der Waals surface area contributed by atoms with E-state index in [1.165, 1.54) is 6.07 Å². The van der Waals surface area contributed by atoms with Crippen LogP contribution in [0.3, 0.4) is 0 Å². The fourth-order valence-electron chi connectivity index (χ4n) is 3.58. The first kappa shape index (κ1) is 18.0. The van der Waals surface area contributed by atoms with Gasteiger partial charge in [-0.3, -0.25) is 4.90 Å². The van der Waals surface area contributed by atoms with Crippen LogP contribution in [0.15, 0.2) is 12.1 Å². The number of pyridine rings is 1. The van der Waals surface area contributed by atoms with E-state index in [2.05, 4.69) is 9.88 Å². The normalized spacial score (nSPS) is 20.4. The fraction of sp³-hybridized carbons (Fsp3) is 0.647. The van der Waals surface area contributed by atoms with Gasteiger partial charge in [0, 0.05) is 25.7 Å². The van der Waals surface area contributed by atoms with Gasteiger partial charge in [-0.15, -0.1) is 0 Å². The van der Waals surface area contributed by atoms with Gasteiger partial charge in [-0.05, 0) is 50.4 Å². The number of aliphatic hydroxyl groups is 1. The summed E-state index contributed by atoms with van der Waals surface area (Å²) in [5.74, 6) is 0.691. The van der Waals surface area contributed by atoms with E-state index in [0.29, 0.717) is 19.0 Å². The van der Waals surface area contributed by atoms with Crippen LogP contribution >= 0.6 is 0 Å². The van der Waals surface area contributed by atoms with Gasteiger partial charge in [-0.1, -0.05) is 0 Å². The molecule has 0 radical (unpaired) electrons. The number of alkyl halides is 3. The summed E-state index contributed by atoms with van der Waals surface area (Å²) in [6.07, 6.45) is -1.59. The Bertz CT molecular complexity index is 644. The van der Waals surface area contributed by atoms with Crippen molar-refractivity contribution in [2.75, 3.05) is 37.7 Å². The molecule has 0 bridgehead atoms. The number of hydrogen-bond acceptors (Lipinski definition) is 5. The molecule has 136 valence electrons. The summed E-state index contributed by atoms with van der Waals surface area (Å²) in [4.78, 5) is 7.78. The molecule has 1 N–H and O–H groups in total. The molecule has 5 nitrogen and oxygen atoms in total. The molecule has 0 aromatic carbocycles. The molecule has 2 aliphatic rings. The number of aliphatic hydroxyl groups excluding tert-OH is 1. The van der Waals surface area contributed by atoms with Crippen molar-refractivity contribution in [3.8, 4) is 6.07 Å². The van der Waals surface area contributed by atoms with Crippen LogP contribution in [-0.2, 0) is 6.18 Å². The number of hydrogen-bond donors (Lipinski definition) is 1. The van der Waals surface area contributed by atoms with E-state index < -0.39 is 11.9 Å². The molecule has 2 saturated heterocycles. The lowest BCUT2D eigenvalue weighted by Gasteiger charge is -2.48. The number of anilines is 1. The third kappa shape index (κ3) is 3.88. The quantitative estimate of drug-likeness (QED) is 0.899. The Morgan fingerprint density at radius 3 is 2.48 bits per heavy atom. The van der Waals surface area contributed by atoms with Crippen molar-refractivity contribution in [2.45, 2.75) is 31.5 Å². The van der Waals surface area contributed by atoms with E-state index in [1.54, 1.807) is 4.90 Å². The molecule has 0 unspecified atom stereocenters. The second kappa shape index (κ2) is 7.18. The summed E-state index contributed by atoms with van der Waals surface area (Å²) < 4.78 is 38.6. The largest absolute Gasteiger partial charge is 0.433 e. The second-order valence-electron chi connectivity index (χ2n) is 6.73. The highest BCUT2D eigenvalue weighted by molar-refractivity contribution is 5.56. The lowest BCUT2D eigenvalue weighted by Crippen LogP contribution is -2.61. The van der Waals surface area contributed by atoms with Crippen molar-refractivity contribution < 1.29 is 18.3 Å². The highest BCUT2D eigenvalue weighted by Gasteiger charge is 2.38. The third-order valence-corrected chi connectivity index (χ3v) is 5.15. The van der Waals surface area contributed by atoms with Crippen molar-refractivity contribution in [3.63, 3.8) is 0 Å². The molecule has 2 fully saturated rings. The summed E-state index contributed by atoms with van der Waals surface area (Å²) in [6.45, 7) is 3.30. The number of aromatic nitrogens is 1. The zero-order valence-corrected chi connectivity index (χ0v) is 13.8. The second-order valence-corrected chi connectivity index (χ2v) is 6.73. The molecule has 0 aliphatic carbocycles. The monoisotopic (exact) mass is 354 g/mol. The predicted molar refractivity (Wildman–Crippen MR) is 86.0 cm³/mol. The van der Waals surface area contributed by atoms with Crippen molar-refractivity contribution >= 4 is 5.82 Å². The maximum absolute atomic E-state index is 12.9. The molecule has 3 rings (SSSR count).